The van der Waals surface area contributed by atoms with E-state index in [-0.39, 0.29) is 0 Å². The minimum absolute atomic E-state index is 0.540. The second-order valence-corrected chi connectivity index (χ2v) is 4.81. The van der Waals surface area contributed by atoms with Crippen molar-refractivity contribution in [2.75, 3.05) is 0 Å². The molecule has 0 spiro atoms. The zero-order valence-corrected chi connectivity index (χ0v) is 9.74. The molecule has 2 aromatic heterocycles. The van der Waals surface area contributed by atoms with Crippen LogP contribution in [-0.2, 0) is 6.54 Å². The van der Waals surface area contributed by atoms with Gasteiger partial charge in [0.25, 0.3) is 0 Å². The smallest absolute Gasteiger partial charge is 0.140 e. The van der Waals surface area contributed by atoms with Crippen molar-refractivity contribution >= 4 is 22.6 Å². The summed E-state index contributed by atoms with van der Waals surface area (Å²) < 4.78 is 2.26. The van der Waals surface area contributed by atoms with Crippen molar-refractivity contribution in [2.45, 2.75) is 31.8 Å². The first-order chi connectivity index (χ1) is 7.79. The lowest BCUT2D eigenvalue weighted by atomic mass is 9.93. The van der Waals surface area contributed by atoms with Crippen LogP contribution in [0.5, 0.6) is 0 Å². The van der Waals surface area contributed by atoms with Gasteiger partial charge in [-0.3, -0.25) is 0 Å². The molecule has 0 bridgehead atoms. The Bertz CT molecular complexity index is 528. The highest BCUT2D eigenvalue weighted by molar-refractivity contribution is 6.31. The van der Waals surface area contributed by atoms with Gasteiger partial charge in [0.1, 0.15) is 5.65 Å². The molecule has 84 valence electrons. The molecule has 0 radical (unpaired) electrons. The minimum atomic E-state index is 0.540. The third kappa shape index (κ3) is 1.43. The first-order valence-electron chi connectivity index (χ1n) is 5.64. The van der Waals surface area contributed by atoms with Crippen LogP contribution in [0.15, 0.2) is 18.5 Å². The second-order valence-electron chi connectivity index (χ2n) is 4.38. The molecule has 0 aromatic carbocycles. The van der Waals surface area contributed by atoms with E-state index in [1.807, 2.05) is 6.07 Å². The molecular formula is C12H14ClN3. The molecule has 1 saturated carbocycles. The third-order valence-corrected chi connectivity index (χ3v) is 3.61. The first-order valence-corrected chi connectivity index (χ1v) is 6.02. The molecule has 1 aliphatic carbocycles. The van der Waals surface area contributed by atoms with Gasteiger partial charge in [0.05, 0.1) is 5.02 Å². The van der Waals surface area contributed by atoms with Crippen LogP contribution in [0.4, 0.5) is 0 Å². The summed E-state index contributed by atoms with van der Waals surface area (Å²) in [5.74, 6) is 0. The molecule has 0 saturated heterocycles. The highest BCUT2D eigenvalue weighted by atomic mass is 35.5. The van der Waals surface area contributed by atoms with Gasteiger partial charge in [-0.25, -0.2) is 4.98 Å². The van der Waals surface area contributed by atoms with E-state index in [2.05, 4.69) is 15.7 Å². The molecule has 0 amide bonds. The molecule has 2 aromatic rings. The SMILES string of the molecule is NCc1cn(C2CCC2)c2ncc(Cl)cc12. The number of rotatable bonds is 2. The average molecular weight is 236 g/mol. The average Bonchev–Trinajstić information content (AvgIpc) is 2.54. The fourth-order valence-electron chi connectivity index (χ4n) is 2.28. The third-order valence-electron chi connectivity index (χ3n) is 3.41. The predicted octanol–water partition coefficient (Wildman–Crippen LogP) is 2.87. The van der Waals surface area contributed by atoms with Gasteiger partial charge in [-0.15, -0.1) is 0 Å². The van der Waals surface area contributed by atoms with Crippen LogP contribution in [0, 0.1) is 0 Å². The van der Waals surface area contributed by atoms with E-state index in [9.17, 15) is 0 Å². The summed E-state index contributed by atoms with van der Waals surface area (Å²) in [6.45, 7) is 0.540. The number of pyridine rings is 1. The van der Waals surface area contributed by atoms with Gasteiger partial charge in [-0.2, -0.15) is 0 Å². The van der Waals surface area contributed by atoms with Crippen molar-refractivity contribution < 1.29 is 0 Å². The number of aromatic nitrogens is 2. The molecule has 4 heteroatoms. The van der Waals surface area contributed by atoms with Crippen LogP contribution in [0.3, 0.4) is 0 Å². The molecule has 1 fully saturated rings. The Labute approximate surface area is 99.2 Å². The number of hydrogen-bond donors (Lipinski definition) is 1. The monoisotopic (exact) mass is 235 g/mol. The normalized spacial score (nSPS) is 16.6. The fraction of sp³-hybridized carbons (Fsp3) is 0.417. The van der Waals surface area contributed by atoms with Crippen LogP contribution in [0.25, 0.3) is 11.0 Å². The highest BCUT2D eigenvalue weighted by Crippen LogP contribution is 2.35. The lowest BCUT2D eigenvalue weighted by molar-refractivity contribution is 0.320. The zero-order valence-electron chi connectivity index (χ0n) is 8.99. The minimum Gasteiger partial charge on any atom is -0.329 e. The van der Waals surface area contributed by atoms with E-state index >= 15 is 0 Å². The summed E-state index contributed by atoms with van der Waals surface area (Å²) in [6.07, 6.45) is 7.66. The van der Waals surface area contributed by atoms with Crippen molar-refractivity contribution in [2.24, 2.45) is 5.73 Å². The van der Waals surface area contributed by atoms with Gasteiger partial charge in [0, 0.05) is 30.4 Å². The van der Waals surface area contributed by atoms with Gasteiger partial charge in [0.15, 0.2) is 0 Å². The number of nitrogens with zero attached hydrogens (tertiary/aromatic N) is 2. The van der Waals surface area contributed by atoms with Crippen LogP contribution < -0.4 is 5.73 Å². The molecule has 16 heavy (non-hydrogen) atoms. The molecule has 3 nitrogen and oxygen atoms in total. The van der Waals surface area contributed by atoms with Crippen molar-refractivity contribution in [1.29, 1.82) is 0 Å². The van der Waals surface area contributed by atoms with Crippen molar-refractivity contribution in [3.63, 3.8) is 0 Å². The van der Waals surface area contributed by atoms with Crippen LogP contribution in [0.1, 0.15) is 30.9 Å². The van der Waals surface area contributed by atoms with E-state index < -0.39 is 0 Å². The molecule has 0 atom stereocenters. The molecule has 2 heterocycles. The number of fused-ring (bicyclic) bond motifs is 1. The molecular weight excluding hydrogens is 222 g/mol. The van der Waals surface area contributed by atoms with Gasteiger partial charge in [-0.1, -0.05) is 11.6 Å². The van der Waals surface area contributed by atoms with E-state index in [4.69, 9.17) is 17.3 Å². The predicted molar refractivity (Wildman–Crippen MR) is 65.5 cm³/mol. The first kappa shape index (κ1) is 10.1. The second kappa shape index (κ2) is 3.75. The van der Waals surface area contributed by atoms with Crippen LogP contribution >= 0.6 is 11.6 Å². The lowest BCUT2D eigenvalue weighted by Crippen LogP contribution is -2.16. The van der Waals surface area contributed by atoms with Gasteiger partial charge in [0.2, 0.25) is 0 Å². The van der Waals surface area contributed by atoms with Crippen molar-refractivity contribution in [1.82, 2.24) is 9.55 Å². The summed E-state index contributed by atoms with van der Waals surface area (Å²) in [5, 5.41) is 1.77. The maximum Gasteiger partial charge on any atom is 0.140 e. The van der Waals surface area contributed by atoms with Crippen molar-refractivity contribution in [3.05, 3.63) is 29.0 Å². The summed E-state index contributed by atoms with van der Waals surface area (Å²) >= 11 is 5.97. The summed E-state index contributed by atoms with van der Waals surface area (Å²) in [7, 11) is 0. The van der Waals surface area contributed by atoms with Gasteiger partial charge < -0.3 is 10.3 Å². The summed E-state index contributed by atoms with van der Waals surface area (Å²) in [5.41, 5.74) is 7.91. The summed E-state index contributed by atoms with van der Waals surface area (Å²) in [4.78, 5) is 4.43. The van der Waals surface area contributed by atoms with E-state index in [0.29, 0.717) is 17.6 Å². The van der Waals surface area contributed by atoms with Crippen molar-refractivity contribution in [3.8, 4) is 0 Å². The lowest BCUT2D eigenvalue weighted by Gasteiger charge is -2.27. The maximum absolute atomic E-state index is 5.97. The largest absolute Gasteiger partial charge is 0.329 e. The van der Waals surface area contributed by atoms with Crippen LogP contribution in [-0.4, -0.2) is 9.55 Å². The molecule has 1 aliphatic rings. The Kier molecular flexibility index (Phi) is 2.37. The Hall–Kier alpha value is -1.06. The number of hydrogen-bond acceptors (Lipinski definition) is 2. The van der Waals surface area contributed by atoms with E-state index in [1.54, 1.807) is 6.20 Å². The molecule has 2 N–H and O–H groups in total. The summed E-state index contributed by atoms with van der Waals surface area (Å²) in [6, 6.07) is 2.57. The van der Waals surface area contributed by atoms with Gasteiger partial charge >= 0.3 is 0 Å². The van der Waals surface area contributed by atoms with Crippen LogP contribution in [0.2, 0.25) is 5.02 Å². The van der Waals surface area contributed by atoms with Gasteiger partial charge in [-0.05, 0) is 30.9 Å². The Morgan fingerprint density at radius 3 is 2.94 bits per heavy atom. The zero-order chi connectivity index (χ0) is 11.1. The fourth-order valence-corrected chi connectivity index (χ4v) is 2.44. The molecule has 3 rings (SSSR count). The number of halogens is 1. The van der Waals surface area contributed by atoms with E-state index in [0.717, 1.165) is 16.6 Å². The standard InChI is InChI=1S/C12H14ClN3/c13-9-4-11-8(5-14)7-16(10-2-1-3-10)12(11)15-6-9/h4,6-7,10H,1-3,5,14H2. The molecule has 0 aliphatic heterocycles. The highest BCUT2D eigenvalue weighted by Gasteiger charge is 2.22. The Balaban J connectivity index is 2.21. The Morgan fingerprint density at radius 1 is 1.50 bits per heavy atom. The maximum atomic E-state index is 5.97. The molecule has 0 unspecified atom stereocenters. The number of nitrogens with two attached hydrogens (primary N) is 1. The van der Waals surface area contributed by atoms with E-state index in [1.165, 1.54) is 19.3 Å². The topological polar surface area (TPSA) is 43.8 Å². The quantitative estimate of drug-likeness (QED) is 0.870. The Morgan fingerprint density at radius 2 is 2.31 bits per heavy atom.